The number of aliphatic hydroxyl groups is 1. The van der Waals surface area contributed by atoms with Crippen LogP contribution in [0.3, 0.4) is 0 Å². The van der Waals surface area contributed by atoms with Crippen molar-refractivity contribution in [3.63, 3.8) is 0 Å². The predicted molar refractivity (Wildman–Crippen MR) is 94.7 cm³/mol. The van der Waals surface area contributed by atoms with Gasteiger partial charge < -0.3 is 15.4 Å². The number of nitrogens with zero attached hydrogens (tertiary/aromatic N) is 2. The summed E-state index contributed by atoms with van der Waals surface area (Å²) in [6.45, 7) is 2.67. The van der Waals surface area contributed by atoms with Crippen LogP contribution in [0.1, 0.15) is 36.2 Å². The molecule has 1 amide bonds. The third-order valence-corrected chi connectivity index (χ3v) is 5.27. The van der Waals surface area contributed by atoms with Gasteiger partial charge in [-0.15, -0.1) is 0 Å². The molecule has 3 N–H and O–H groups in total. The Balaban J connectivity index is 1.51. The summed E-state index contributed by atoms with van der Waals surface area (Å²) in [7, 11) is 0. The van der Waals surface area contributed by atoms with Crippen LogP contribution in [-0.4, -0.2) is 45.0 Å². The molecule has 3 heterocycles. The summed E-state index contributed by atoms with van der Waals surface area (Å²) in [5.74, 6) is 1.05. The number of nitrogens with one attached hydrogen (secondary N) is 2. The van der Waals surface area contributed by atoms with Gasteiger partial charge in [-0.1, -0.05) is 18.2 Å². The number of aromatic nitrogens is 2. The molecule has 25 heavy (non-hydrogen) atoms. The molecule has 1 aromatic heterocycles. The van der Waals surface area contributed by atoms with E-state index in [1.807, 2.05) is 24.3 Å². The summed E-state index contributed by atoms with van der Waals surface area (Å²) in [6.07, 6.45) is 3.50. The zero-order valence-corrected chi connectivity index (χ0v) is 14.3. The molecule has 6 nitrogen and oxygen atoms in total. The van der Waals surface area contributed by atoms with Crippen molar-refractivity contribution in [3.05, 3.63) is 41.2 Å². The maximum Gasteiger partial charge on any atom is 0.220 e. The average Bonchev–Trinajstić information content (AvgIpc) is 2.96. The van der Waals surface area contributed by atoms with Crippen molar-refractivity contribution in [3.8, 4) is 11.4 Å². The number of amides is 1. The van der Waals surface area contributed by atoms with Crippen molar-refractivity contribution in [2.24, 2.45) is 0 Å². The quantitative estimate of drug-likeness (QED) is 0.793. The van der Waals surface area contributed by atoms with Gasteiger partial charge in [0.05, 0.1) is 18.0 Å². The number of hydrogen-bond acceptors (Lipinski definition) is 4. The van der Waals surface area contributed by atoms with E-state index in [0.29, 0.717) is 12.5 Å². The predicted octanol–water partition coefficient (Wildman–Crippen LogP) is 1.60. The second-order valence-electron chi connectivity index (χ2n) is 6.92. The second-order valence-corrected chi connectivity index (χ2v) is 6.92. The van der Waals surface area contributed by atoms with E-state index in [2.05, 4.69) is 15.2 Å². The van der Waals surface area contributed by atoms with Crippen LogP contribution >= 0.6 is 0 Å². The topological polar surface area (TPSA) is 81.2 Å². The molecule has 2 aliphatic rings. The lowest BCUT2D eigenvalue weighted by atomic mass is 10.0. The van der Waals surface area contributed by atoms with Gasteiger partial charge in [0.25, 0.3) is 0 Å². The number of hydrogen-bond donors (Lipinski definition) is 3. The summed E-state index contributed by atoms with van der Waals surface area (Å²) < 4.78 is 0. The highest BCUT2D eigenvalue weighted by molar-refractivity contribution is 5.76. The minimum Gasteiger partial charge on any atom is -0.392 e. The molecule has 0 spiro atoms. The third kappa shape index (κ3) is 3.45. The molecule has 0 saturated carbocycles. The summed E-state index contributed by atoms with van der Waals surface area (Å²) in [5.41, 5.74) is 4.23. The Bertz CT molecular complexity index is 771. The molecule has 4 rings (SSSR count). The number of fused-ring (bicyclic) bond motifs is 1. The van der Waals surface area contributed by atoms with Gasteiger partial charge >= 0.3 is 0 Å². The van der Waals surface area contributed by atoms with Gasteiger partial charge in [0.15, 0.2) is 0 Å². The Kier molecular flexibility index (Phi) is 4.55. The van der Waals surface area contributed by atoms with Gasteiger partial charge in [-0.2, -0.15) is 0 Å². The SMILES string of the molecule is O=C1CC[C@H](N2CCc3nc(-c4cccc(CO)c4)[nH]c3C2)CCN1. The second kappa shape index (κ2) is 6.98. The van der Waals surface area contributed by atoms with E-state index < -0.39 is 0 Å². The van der Waals surface area contributed by atoms with Crippen molar-refractivity contribution >= 4 is 5.91 Å². The number of H-pyrrole nitrogens is 1. The molecule has 132 valence electrons. The molecule has 0 unspecified atom stereocenters. The average molecular weight is 340 g/mol. The lowest BCUT2D eigenvalue weighted by molar-refractivity contribution is -0.120. The number of benzene rings is 1. The molecule has 0 bridgehead atoms. The normalized spacial score (nSPS) is 21.5. The smallest absolute Gasteiger partial charge is 0.220 e. The standard InChI is InChI=1S/C19H24N4O2/c24-12-13-2-1-3-14(10-13)19-21-16-7-9-23(11-17(16)22-19)15-4-5-18(25)20-8-6-15/h1-3,10,15,24H,4-9,11-12H2,(H,20,25)(H,21,22)/t15-/m0/s1. The number of carbonyl (C=O) groups is 1. The minimum atomic E-state index is 0.0382. The van der Waals surface area contributed by atoms with Gasteiger partial charge in [-0.3, -0.25) is 9.69 Å². The molecule has 1 fully saturated rings. The van der Waals surface area contributed by atoms with E-state index >= 15 is 0 Å². The molecule has 6 heteroatoms. The van der Waals surface area contributed by atoms with Crippen molar-refractivity contribution in [1.82, 2.24) is 20.2 Å². The van der Waals surface area contributed by atoms with E-state index in [4.69, 9.17) is 4.98 Å². The lowest BCUT2D eigenvalue weighted by Crippen LogP contribution is -2.39. The van der Waals surface area contributed by atoms with Crippen LogP contribution in [-0.2, 0) is 24.4 Å². The maximum atomic E-state index is 11.6. The molecular weight excluding hydrogens is 316 g/mol. The highest BCUT2D eigenvalue weighted by atomic mass is 16.3. The molecule has 1 aromatic carbocycles. The summed E-state index contributed by atoms with van der Waals surface area (Å²) in [5, 5.41) is 12.3. The van der Waals surface area contributed by atoms with Crippen LogP contribution in [0.2, 0.25) is 0 Å². The Morgan fingerprint density at radius 1 is 1.28 bits per heavy atom. The van der Waals surface area contributed by atoms with Crippen LogP contribution in [0.15, 0.2) is 24.3 Å². The van der Waals surface area contributed by atoms with E-state index in [9.17, 15) is 9.90 Å². The Morgan fingerprint density at radius 3 is 3.08 bits per heavy atom. The lowest BCUT2D eigenvalue weighted by Gasteiger charge is -2.33. The molecule has 0 radical (unpaired) electrons. The Labute approximate surface area is 147 Å². The number of aliphatic hydroxyl groups excluding tert-OH is 1. The molecule has 2 aliphatic heterocycles. The number of rotatable bonds is 3. The number of carbonyl (C=O) groups excluding carboxylic acids is 1. The molecule has 2 aromatic rings. The van der Waals surface area contributed by atoms with Gasteiger partial charge in [0.2, 0.25) is 5.91 Å². The first-order valence-electron chi connectivity index (χ1n) is 9.01. The van der Waals surface area contributed by atoms with Crippen LogP contribution in [0, 0.1) is 0 Å². The first-order chi connectivity index (χ1) is 12.2. The minimum absolute atomic E-state index is 0.0382. The summed E-state index contributed by atoms with van der Waals surface area (Å²) >= 11 is 0. The highest BCUT2D eigenvalue weighted by Gasteiger charge is 2.27. The highest BCUT2D eigenvalue weighted by Crippen LogP contribution is 2.26. The third-order valence-electron chi connectivity index (χ3n) is 5.27. The Hall–Kier alpha value is -2.18. The van der Waals surface area contributed by atoms with Crippen molar-refractivity contribution in [1.29, 1.82) is 0 Å². The number of imidazole rings is 1. The zero-order chi connectivity index (χ0) is 17.2. The van der Waals surface area contributed by atoms with Gasteiger partial charge in [0.1, 0.15) is 5.82 Å². The van der Waals surface area contributed by atoms with Crippen LogP contribution in [0.5, 0.6) is 0 Å². The zero-order valence-electron chi connectivity index (χ0n) is 14.3. The summed E-state index contributed by atoms with van der Waals surface area (Å²) in [4.78, 5) is 22.3. The fourth-order valence-electron chi connectivity index (χ4n) is 3.85. The van der Waals surface area contributed by atoms with Gasteiger partial charge in [-0.05, 0) is 24.5 Å². The van der Waals surface area contributed by atoms with Gasteiger partial charge in [-0.25, -0.2) is 4.98 Å². The van der Waals surface area contributed by atoms with Crippen molar-refractivity contribution < 1.29 is 9.90 Å². The van der Waals surface area contributed by atoms with Crippen LogP contribution < -0.4 is 5.32 Å². The first kappa shape index (κ1) is 16.3. The van der Waals surface area contributed by atoms with E-state index in [1.54, 1.807) is 0 Å². The van der Waals surface area contributed by atoms with E-state index in [1.165, 1.54) is 5.69 Å². The number of aromatic amines is 1. The van der Waals surface area contributed by atoms with Crippen molar-refractivity contribution in [2.75, 3.05) is 13.1 Å². The monoisotopic (exact) mass is 340 g/mol. The Morgan fingerprint density at radius 2 is 2.20 bits per heavy atom. The largest absolute Gasteiger partial charge is 0.392 e. The fraction of sp³-hybridized carbons (Fsp3) is 0.474. The molecule has 0 aliphatic carbocycles. The fourth-order valence-corrected chi connectivity index (χ4v) is 3.85. The van der Waals surface area contributed by atoms with E-state index in [-0.39, 0.29) is 12.5 Å². The maximum absolute atomic E-state index is 11.6. The molecule has 1 saturated heterocycles. The molecular formula is C19H24N4O2. The van der Waals surface area contributed by atoms with Crippen LogP contribution in [0.25, 0.3) is 11.4 Å². The molecule has 1 atom stereocenters. The van der Waals surface area contributed by atoms with Crippen LogP contribution in [0.4, 0.5) is 0 Å². The van der Waals surface area contributed by atoms with Gasteiger partial charge in [0, 0.05) is 44.1 Å². The summed E-state index contributed by atoms with van der Waals surface area (Å²) in [6, 6.07) is 8.31. The van der Waals surface area contributed by atoms with E-state index in [0.717, 1.165) is 61.5 Å². The van der Waals surface area contributed by atoms with Crippen molar-refractivity contribution in [2.45, 2.75) is 44.9 Å². The first-order valence-corrected chi connectivity index (χ1v) is 9.01.